The zero-order valence-electron chi connectivity index (χ0n) is 12.0. The van der Waals surface area contributed by atoms with Crippen LogP contribution in [0.5, 0.6) is 0 Å². The lowest BCUT2D eigenvalue weighted by Gasteiger charge is -2.16. The molecular formula is C14H20Cl3N3O2. The van der Waals surface area contributed by atoms with Gasteiger partial charge in [0.1, 0.15) is 5.82 Å². The summed E-state index contributed by atoms with van der Waals surface area (Å²) in [5.74, 6) is 0.577. The van der Waals surface area contributed by atoms with Gasteiger partial charge in [-0.25, -0.2) is 4.98 Å². The van der Waals surface area contributed by atoms with Crippen molar-refractivity contribution in [3.8, 4) is 0 Å². The number of fused-ring (bicyclic) bond motifs is 1. The second-order valence-electron chi connectivity index (χ2n) is 4.74. The lowest BCUT2D eigenvalue weighted by Crippen LogP contribution is -2.24. The Morgan fingerprint density at radius 2 is 2.05 bits per heavy atom. The van der Waals surface area contributed by atoms with Gasteiger partial charge in [0.2, 0.25) is 0 Å². The van der Waals surface area contributed by atoms with E-state index in [2.05, 4.69) is 10.3 Å². The van der Waals surface area contributed by atoms with E-state index >= 15 is 0 Å². The smallest absolute Gasteiger partial charge is 0.131 e. The second-order valence-corrected chi connectivity index (χ2v) is 5.15. The molecule has 0 amide bonds. The maximum atomic E-state index is 9.42. The van der Waals surface area contributed by atoms with E-state index in [4.69, 9.17) is 22.4 Å². The van der Waals surface area contributed by atoms with Crippen molar-refractivity contribution in [2.24, 2.45) is 5.73 Å². The summed E-state index contributed by atoms with van der Waals surface area (Å²) in [6.45, 7) is 1.75. The Morgan fingerprint density at radius 3 is 2.64 bits per heavy atom. The largest absolute Gasteiger partial charge is 0.394 e. The van der Waals surface area contributed by atoms with Crippen LogP contribution in [0.4, 0.5) is 5.82 Å². The van der Waals surface area contributed by atoms with Crippen molar-refractivity contribution in [1.82, 2.24) is 4.98 Å². The lowest BCUT2D eigenvalue weighted by molar-refractivity contribution is 0.105. The van der Waals surface area contributed by atoms with Crippen LogP contribution in [0.15, 0.2) is 24.3 Å². The third kappa shape index (κ3) is 4.84. The van der Waals surface area contributed by atoms with Gasteiger partial charge < -0.3 is 21.3 Å². The molecule has 2 aromatic rings. The molecule has 2 rings (SSSR count). The highest BCUT2D eigenvalue weighted by molar-refractivity contribution is 6.35. The normalized spacial score (nSPS) is 13.0. The zero-order valence-corrected chi connectivity index (χ0v) is 14.4. The van der Waals surface area contributed by atoms with E-state index in [9.17, 15) is 5.11 Å². The number of pyridine rings is 1. The summed E-state index contributed by atoms with van der Waals surface area (Å²) < 4.78 is 0. The molecule has 0 aliphatic rings. The topological polar surface area (TPSA) is 91.4 Å². The van der Waals surface area contributed by atoms with Gasteiger partial charge in [-0.3, -0.25) is 0 Å². The van der Waals surface area contributed by atoms with Crippen molar-refractivity contribution in [3.05, 3.63) is 34.9 Å². The molecule has 5 nitrogen and oxygen atoms in total. The predicted molar refractivity (Wildman–Crippen MR) is 95.4 cm³/mol. The Labute approximate surface area is 146 Å². The molecule has 2 atom stereocenters. The molecular weight excluding hydrogens is 349 g/mol. The lowest BCUT2D eigenvalue weighted by atomic mass is 10.1. The highest BCUT2D eigenvalue weighted by Crippen LogP contribution is 2.28. The number of nitrogens with two attached hydrogens (primary N) is 1. The van der Waals surface area contributed by atoms with E-state index in [1.165, 1.54) is 0 Å². The summed E-state index contributed by atoms with van der Waals surface area (Å²) in [6, 6.07) is 7.29. The number of aromatic nitrogens is 1. The van der Waals surface area contributed by atoms with Crippen molar-refractivity contribution >= 4 is 53.1 Å². The van der Waals surface area contributed by atoms with E-state index in [0.717, 1.165) is 10.9 Å². The number of halogens is 3. The molecule has 8 heteroatoms. The number of benzene rings is 1. The van der Waals surface area contributed by atoms with E-state index in [1.807, 2.05) is 25.1 Å². The zero-order chi connectivity index (χ0) is 14.7. The van der Waals surface area contributed by atoms with Crippen molar-refractivity contribution < 1.29 is 10.2 Å². The molecule has 0 unspecified atom stereocenters. The van der Waals surface area contributed by atoms with Crippen molar-refractivity contribution in [3.63, 3.8) is 0 Å². The third-order valence-electron chi connectivity index (χ3n) is 3.03. The molecule has 0 saturated carbocycles. The Kier molecular flexibility index (Phi) is 9.00. The van der Waals surface area contributed by atoms with Crippen molar-refractivity contribution in [2.45, 2.75) is 19.1 Å². The molecule has 0 aliphatic heterocycles. The SMILES string of the molecule is C[C@H](N)c1cc2cccc(Cl)c2nc1NC[C@H](O)CO.Cl.Cl. The number of aliphatic hydroxyl groups excluding tert-OH is 2. The fraction of sp³-hybridized carbons (Fsp3) is 0.357. The molecule has 1 aromatic carbocycles. The number of nitrogens with zero attached hydrogens (tertiary/aromatic N) is 1. The van der Waals surface area contributed by atoms with Gasteiger partial charge in [0.15, 0.2) is 0 Å². The number of hydrogen-bond donors (Lipinski definition) is 4. The van der Waals surface area contributed by atoms with Crippen LogP contribution in [0.3, 0.4) is 0 Å². The third-order valence-corrected chi connectivity index (χ3v) is 3.34. The number of para-hydroxylation sites is 1. The Hall–Kier alpha value is -0.820. The van der Waals surface area contributed by atoms with Gasteiger partial charge in [-0.2, -0.15) is 0 Å². The molecule has 22 heavy (non-hydrogen) atoms. The van der Waals surface area contributed by atoms with Crippen LogP contribution in [0.2, 0.25) is 5.02 Å². The molecule has 0 fully saturated rings. The number of nitrogens with one attached hydrogen (secondary N) is 1. The first-order chi connectivity index (χ1) is 9.52. The second kappa shape index (κ2) is 9.35. The van der Waals surface area contributed by atoms with Crippen LogP contribution in [-0.2, 0) is 0 Å². The molecule has 0 radical (unpaired) electrons. The van der Waals surface area contributed by atoms with Crippen LogP contribution in [0, 0.1) is 0 Å². The molecule has 0 spiro atoms. The van der Waals surface area contributed by atoms with E-state index < -0.39 is 6.10 Å². The van der Waals surface area contributed by atoms with E-state index in [1.54, 1.807) is 6.07 Å². The molecule has 0 saturated heterocycles. The van der Waals surface area contributed by atoms with Gasteiger partial charge in [0.25, 0.3) is 0 Å². The highest BCUT2D eigenvalue weighted by atomic mass is 35.5. The number of hydrogen-bond acceptors (Lipinski definition) is 5. The van der Waals surface area contributed by atoms with Crippen molar-refractivity contribution in [1.29, 1.82) is 0 Å². The molecule has 1 heterocycles. The summed E-state index contributed by atoms with van der Waals surface area (Å²) in [7, 11) is 0. The van der Waals surface area contributed by atoms with Crippen molar-refractivity contribution in [2.75, 3.05) is 18.5 Å². The first kappa shape index (κ1) is 21.2. The average Bonchev–Trinajstić information content (AvgIpc) is 2.44. The fourth-order valence-corrected chi connectivity index (χ4v) is 2.17. The van der Waals surface area contributed by atoms with Crippen LogP contribution in [-0.4, -0.2) is 34.5 Å². The van der Waals surface area contributed by atoms with Crippen LogP contribution >= 0.6 is 36.4 Å². The van der Waals surface area contributed by atoms with Crippen LogP contribution in [0.25, 0.3) is 10.9 Å². The van der Waals surface area contributed by atoms with E-state index in [0.29, 0.717) is 16.4 Å². The van der Waals surface area contributed by atoms with Gasteiger partial charge in [-0.05, 0) is 19.1 Å². The minimum Gasteiger partial charge on any atom is -0.394 e. The average molecular weight is 369 g/mol. The van der Waals surface area contributed by atoms with Crippen LogP contribution < -0.4 is 11.1 Å². The number of aliphatic hydroxyl groups is 2. The van der Waals surface area contributed by atoms with Gasteiger partial charge in [0, 0.05) is 23.5 Å². The van der Waals surface area contributed by atoms with Gasteiger partial charge >= 0.3 is 0 Å². The van der Waals surface area contributed by atoms with Gasteiger partial charge in [-0.15, -0.1) is 24.8 Å². The molecule has 5 N–H and O–H groups in total. The van der Waals surface area contributed by atoms with Crippen LogP contribution in [0.1, 0.15) is 18.5 Å². The summed E-state index contributed by atoms with van der Waals surface area (Å²) in [5, 5.41) is 22.7. The summed E-state index contributed by atoms with van der Waals surface area (Å²) >= 11 is 6.14. The standard InChI is InChI=1S/C14H18ClN3O2.2ClH/c1-8(16)11-5-9-3-2-4-12(15)13(9)18-14(11)17-6-10(20)7-19;;/h2-5,8,10,19-20H,6-7,16H2,1H3,(H,17,18);2*1H/t8-,10-;;/m0../s1. The summed E-state index contributed by atoms with van der Waals surface area (Å²) in [6.07, 6.45) is -0.848. The van der Waals surface area contributed by atoms with E-state index in [-0.39, 0.29) is 44.0 Å². The number of rotatable bonds is 5. The Morgan fingerprint density at radius 1 is 1.36 bits per heavy atom. The molecule has 124 valence electrons. The predicted octanol–water partition coefficient (Wildman–Crippen LogP) is 2.52. The maximum absolute atomic E-state index is 9.42. The minimum atomic E-state index is -0.848. The molecule has 1 aromatic heterocycles. The maximum Gasteiger partial charge on any atom is 0.131 e. The fourth-order valence-electron chi connectivity index (χ4n) is 1.95. The molecule has 0 aliphatic carbocycles. The highest BCUT2D eigenvalue weighted by Gasteiger charge is 2.13. The Balaban J connectivity index is 0.00000220. The quantitative estimate of drug-likeness (QED) is 0.651. The first-order valence-corrected chi connectivity index (χ1v) is 6.78. The van der Waals surface area contributed by atoms with Gasteiger partial charge in [-0.1, -0.05) is 23.7 Å². The summed E-state index contributed by atoms with van der Waals surface area (Å²) in [5.41, 5.74) is 7.48. The minimum absolute atomic E-state index is 0. The van der Waals surface area contributed by atoms with Gasteiger partial charge in [0.05, 0.1) is 23.3 Å². The summed E-state index contributed by atoms with van der Waals surface area (Å²) in [4.78, 5) is 4.49. The molecule has 0 bridgehead atoms. The Bertz CT molecular complexity index is 611. The monoisotopic (exact) mass is 367 g/mol. The first-order valence-electron chi connectivity index (χ1n) is 6.40. The number of anilines is 1.